The summed E-state index contributed by atoms with van der Waals surface area (Å²) in [5.41, 5.74) is 7.58. The van der Waals surface area contributed by atoms with Crippen LogP contribution >= 0.6 is 11.6 Å². The Morgan fingerprint density at radius 2 is 2.15 bits per heavy atom. The fraction of sp³-hybridized carbons (Fsp3) is 0.286. The van der Waals surface area contributed by atoms with Crippen LogP contribution in [0.2, 0.25) is 0 Å². The highest BCUT2D eigenvalue weighted by Crippen LogP contribution is 2.18. The number of benzene rings is 1. The van der Waals surface area contributed by atoms with Crippen LogP contribution in [0.5, 0.6) is 0 Å². The van der Waals surface area contributed by atoms with Gasteiger partial charge in [-0.3, -0.25) is 4.79 Å². The Morgan fingerprint density at radius 1 is 1.45 bits per heavy atom. The van der Waals surface area contributed by atoms with E-state index < -0.39 is 0 Å². The van der Waals surface area contributed by atoms with Crippen LogP contribution in [0.4, 0.5) is 5.69 Å². The molecule has 0 spiro atoms. The van der Waals surface area contributed by atoms with Gasteiger partial charge in [0, 0.05) is 11.9 Å². The third-order valence-corrected chi connectivity index (χ3v) is 3.54. The lowest BCUT2D eigenvalue weighted by Crippen LogP contribution is -2.35. The average molecular weight is 293 g/mol. The second-order valence-electron chi connectivity index (χ2n) is 4.62. The minimum Gasteiger partial charge on any atom is -0.397 e. The third kappa shape index (κ3) is 3.37. The molecule has 2 rings (SSSR count). The van der Waals surface area contributed by atoms with E-state index in [0.717, 1.165) is 31.2 Å². The summed E-state index contributed by atoms with van der Waals surface area (Å²) in [5, 5.41) is 13.3. The molecule has 1 atom stereocenters. The smallest absolute Gasteiger partial charge is 0.241 e. The minimum absolute atomic E-state index is 0.0173. The van der Waals surface area contributed by atoms with Gasteiger partial charge in [-0.1, -0.05) is 23.7 Å². The Labute approximate surface area is 122 Å². The van der Waals surface area contributed by atoms with Gasteiger partial charge in [-0.2, -0.15) is 0 Å². The van der Waals surface area contributed by atoms with E-state index in [4.69, 9.17) is 22.7 Å². The molecule has 0 aromatic heterocycles. The Kier molecular flexibility index (Phi) is 4.76. The van der Waals surface area contributed by atoms with E-state index in [2.05, 4.69) is 10.6 Å². The average Bonchev–Trinajstić information content (AvgIpc) is 3.01. The summed E-state index contributed by atoms with van der Waals surface area (Å²) in [6, 6.07) is 6.96. The monoisotopic (exact) mass is 292 g/mol. The van der Waals surface area contributed by atoms with Crippen molar-refractivity contribution in [2.24, 2.45) is 5.73 Å². The van der Waals surface area contributed by atoms with Crippen molar-refractivity contribution in [2.45, 2.75) is 18.9 Å². The summed E-state index contributed by atoms with van der Waals surface area (Å²) < 4.78 is 0. The molecular formula is C14H17ClN4O. The molecule has 1 aromatic carbocycles. The molecule has 0 radical (unpaired) electrons. The number of hydrogen-bond donors (Lipinski definition) is 4. The Hall–Kier alpha value is -1.85. The quantitative estimate of drug-likeness (QED) is 0.639. The third-order valence-electron chi connectivity index (χ3n) is 3.22. The second-order valence-corrected chi connectivity index (χ2v) is 5.03. The lowest BCUT2D eigenvalue weighted by molar-refractivity contribution is -0.117. The molecule has 1 aliphatic heterocycles. The van der Waals surface area contributed by atoms with Crippen molar-refractivity contribution in [1.29, 1.82) is 5.41 Å². The molecule has 1 saturated heterocycles. The highest BCUT2D eigenvalue weighted by Gasteiger charge is 2.21. The summed E-state index contributed by atoms with van der Waals surface area (Å²) in [5.74, 6) is -0.0173. The zero-order chi connectivity index (χ0) is 14.5. The first-order valence-electron chi connectivity index (χ1n) is 6.42. The maximum atomic E-state index is 11.9. The number of amides is 1. The fourth-order valence-electron chi connectivity index (χ4n) is 2.09. The predicted octanol–water partition coefficient (Wildman–Crippen LogP) is 1.89. The fourth-order valence-corrected chi connectivity index (χ4v) is 2.20. The van der Waals surface area contributed by atoms with E-state index in [-0.39, 0.29) is 17.0 Å². The molecule has 1 aliphatic rings. The van der Waals surface area contributed by atoms with E-state index in [1.165, 1.54) is 0 Å². The molecule has 5 nitrogen and oxygen atoms in total. The van der Waals surface area contributed by atoms with Crippen molar-refractivity contribution < 1.29 is 4.79 Å². The number of nitrogens with one attached hydrogen (secondary N) is 3. The van der Waals surface area contributed by atoms with E-state index in [1.807, 2.05) is 0 Å². The predicted molar refractivity (Wildman–Crippen MR) is 81.8 cm³/mol. The van der Waals surface area contributed by atoms with Crippen molar-refractivity contribution in [2.75, 3.05) is 11.9 Å². The van der Waals surface area contributed by atoms with Crippen LogP contribution in [0.25, 0.3) is 5.70 Å². The van der Waals surface area contributed by atoms with Crippen molar-refractivity contribution in [3.05, 3.63) is 34.9 Å². The first-order valence-corrected chi connectivity index (χ1v) is 6.80. The molecule has 1 amide bonds. The lowest BCUT2D eigenvalue weighted by Gasteiger charge is -2.11. The molecule has 1 heterocycles. The zero-order valence-corrected chi connectivity index (χ0v) is 11.7. The van der Waals surface area contributed by atoms with Gasteiger partial charge in [0.15, 0.2) is 0 Å². The molecular weight excluding hydrogens is 276 g/mol. The van der Waals surface area contributed by atoms with Gasteiger partial charge < -0.3 is 21.8 Å². The van der Waals surface area contributed by atoms with Crippen molar-refractivity contribution in [3.8, 4) is 0 Å². The maximum Gasteiger partial charge on any atom is 0.241 e. The Balaban J connectivity index is 2.05. The van der Waals surface area contributed by atoms with Gasteiger partial charge in [-0.05, 0) is 37.1 Å². The summed E-state index contributed by atoms with van der Waals surface area (Å²) >= 11 is 5.79. The highest BCUT2D eigenvalue weighted by atomic mass is 35.5. The lowest BCUT2D eigenvalue weighted by atomic mass is 10.1. The Morgan fingerprint density at radius 3 is 2.70 bits per heavy atom. The van der Waals surface area contributed by atoms with Gasteiger partial charge in [0.05, 0.1) is 16.8 Å². The van der Waals surface area contributed by atoms with E-state index in [9.17, 15) is 4.79 Å². The second kappa shape index (κ2) is 6.54. The molecule has 1 aromatic rings. The van der Waals surface area contributed by atoms with Crippen LogP contribution in [0.15, 0.2) is 29.3 Å². The molecule has 0 unspecified atom stereocenters. The number of rotatable bonds is 4. The normalized spacial score (nSPS) is 19.4. The topological polar surface area (TPSA) is 91.0 Å². The largest absolute Gasteiger partial charge is 0.397 e. The number of anilines is 1. The van der Waals surface area contributed by atoms with Crippen molar-refractivity contribution in [3.63, 3.8) is 0 Å². The van der Waals surface area contributed by atoms with Gasteiger partial charge in [0.2, 0.25) is 5.91 Å². The van der Waals surface area contributed by atoms with Crippen LogP contribution in [-0.2, 0) is 4.79 Å². The molecule has 0 saturated carbocycles. The van der Waals surface area contributed by atoms with E-state index in [0.29, 0.717) is 11.4 Å². The van der Waals surface area contributed by atoms with Gasteiger partial charge >= 0.3 is 0 Å². The minimum atomic E-state index is -0.105. The summed E-state index contributed by atoms with van der Waals surface area (Å²) in [6.45, 7) is 0.889. The van der Waals surface area contributed by atoms with Gasteiger partial charge in [-0.25, -0.2) is 0 Å². The molecule has 6 heteroatoms. The maximum absolute atomic E-state index is 11.9. The van der Waals surface area contributed by atoms with Gasteiger partial charge in [0.1, 0.15) is 0 Å². The SMILES string of the molecule is N=C/C(Cl)=C(\N)c1ccc(NC(=O)[C@H]2CCCN2)cc1. The number of nitrogens with two attached hydrogens (primary N) is 1. The molecule has 1 fully saturated rings. The summed E-state index contributed by atoms with van der Waals surface area (Å²) in [4.78, 5) is 11.9. The first-order chi connectivity index (χ1) is 9.61. The number of halogens is 1. The standard InChI is InChI=1S/C14H17ClN4O/c15-11(8-16)13(17)9-3-5-10(6-4-9)19-14(20)12-2-1-7-18-12/h3-6,8,12,16,18H,1-2,7,17H2,(H,19,20)/b13-11+,16-8?/t12-/m1/s1. The summed E-state index contributed by atoms with van der Waals surface area (Å²) in [7, 11) is 0. The van der Waals surface area contributed by atoms with Crippen LogP contribution in [0.3, 0.4) is 0 Å². The van der Waals surface area contributed by atoms with E-state index >= 15 is 0 Å². The highest BCUT2D eigenvalue weighted by molar-refractivity contribution is 6.41. The Bertz CT molecular complexity index is 533. The number of carbonyl (C=O) groups excluding carboxylic acids is 1. The molecule has 5 N–H and O–H groups in total. The van der Waals surface area contributed by atoms with Gasteiger partial charge in [0.25, 0.3) is 0 Å². The number of hydrogen-bond acceptors (Lipinski definition) is 4. The van der Waals surface area contributed by atoms with Crippen LogP contribution in [-0.4, -0.2) is 24.7 Å². The number of carbonyl (C=O) groups is 1. The van der Waals surface area contributed by atoms with Crippen LogP contribution in [0, 0.1) is 5.41 Å². The summed E-state index contributed by atoms with van der Waals surface area (Å²) in [6.07, 6.45) is 2.90. The van der Waals surface area contributed by atoms with Crippen LogP contribution < -0.4 is 16.4 Å². The first kappa shape index (κ1) is 14.6. The van der Waals surface area contributed by atoms with Crippen LogP contribution in [0.1, 0.15) is 18.4 Å². The molecule has 20 heavy (non-hydrogen) atoms. The van der Waals surface area contributed by atoms with E-state index in [1.54, 1.807) is 24.3 Å². The van der Waals surface area contributed by atoms with Crippen molar-refractivity contribution in [1.82, 2.24) is 5.32 Å². The van der Waals surface area contributed by atoms with Crippen molar-refractivity contribution >= 4 is 35.1 Å². The van der Waals surface area contributed by atoms with Gasteiger partial charge in [-0.15, -0.1) is 0 Å². The molecule has 106 valence electrons. The zero-order valence-electron chi connectivity index (χ0n) is 10.9. The molecule has 0 aliphatic carbocycles. The number of allylic oxidation sites excluding steroid dienone is 1. The molecule has 0 bridgehead atoms.